The summed E-state index contributed by atoms with van der Waals surface area (Å²) < 4.78 is 2.33. The van der Waals surface area contributed by atoms with Crippen LogP contribution in [0.1, 0.15) is 0 Å². The third kappa shape index (κ3) is 3.48. The average molecular weight is 571 g/mol. The van der Waals surface area contributed by atoms with Crippen molar-refractivity contribution in [1.82, 2.24) is 9.38 Å². The van der Waals surface area contributed by atoms with Crippen molar-refractivity contribution in [2.45, 2.75) is 0 Å². The van der Waals surface area contributed by atoms with Crippen molar-refractivity contribution in [2.75, 3.05) is 0 Å². The lowest BCUT2D eigenvalue weighted by molar-refractivity contribution is 1.31. The monoisotopic (exact) mass is 570 g/mol. The molecule has 0 amide bonds. The zero-order valence-electron chi connectivity index (χ0n) is 24.4. The molecular weight excluding hydrogens is 544 g/mol. The molecule has 10 rings (SSSR count). The molecule has 208 valence electrons. The highest BCUT2D eigenvalue weighted by Gasteiger charge is 2.19. The van der Waals surface area contributed by atoms with Crippen LogP contribution in [0.3, 0.4) is 0 Å². The normalized spacial score (nSPS) is 12.0. The molecular formula is C43H26N2. The number of aromatic nitrogens is 2. The number of hydrogen-bond donors (Lipinski definition) is 0. The van der Waals surface area contributed by atoms with Crippen LogP contribution in [-0.4, -0.2) is 9.38 Å². The summed E-state index contributed by atoms with van der Waals surface area (Å²) >= 11 is 0. The highest BCUT2D eigenvalue weighted by molar-refractivity contribution is 6.23. The van der Waals surface area contributed by atoms with Crippen molar-refractivity contribution in [1.29, 1.82) is 0 Å². The van der Waals surface area contributed by atoms with E-state index in [4.69, 9.17) is 4.98 Å². The minimum absolute atomic E-state index is 0.992. The second kappa shape index (κ2) is 9.25. The fraction of sp³-hybridized carbons (Fsp3) is 0. The molecule has 0 aliphatic carbocycles. The van der Waals surface area contributed by atoms with E-state index < -0.39 is 0 Å². The van der Waals surface area contributed by atoms with E-state index >= 15 is 0 Å². The Balaban J connectivity index is 1.39. The summed E-state index contributed by atoms with van der Waals surface area (Å²) in [7, 11) is 0. The molecule has 2 heterocycles. The summed E-state index contributed by atoms with van der Waals surface area (Å²) in [6.07, 6.45) is 0. The van der Waals surface area contributed by atoms with E-state index in [9.17, 15) is 0 Å². The molecule has 0 aliphatic heterocycles. The molecule has 0 fully saturated rings. The molecule has 0 saturated heterocycles. The summed E-state index contributed by atoms with van der Waals surface area (Å²) in [6, 6.07) is 57.4. The number of benzene rings is 8. The molecule has 2 aromatic heterocycles. The van der Waals surface area contributed by atoms with Gasteiger partial charge in [0.2, 0.25) is 0 Å². The van der Waals surface area contributed by atoms with Crippen LogP contribution >= 0.6 is 0 Å². The quantitative estimate of drug-likeness (QED) is 0.149. The van der Waals surface area contributed by atoms with Gasteiger partial charge in [-0.15, -0.1) is 0 Å². The molecule has 0 atom stereocenters. The van der Waals surface area contributed by atoms with E-state index in [0.29, 0.717) is 0 Å². The first-order chi connectivity index (χ1) is 22.3. The van der Waals surface area contributed by atoms with E-state index in [-0.39, 0.29) is 0 Å². The summed E-state index contributed by atoms with van der Waals surface area (Å²) in [6.45, 7) is 0. The second-order valence-corrected chi connectivity index (χ2v) is 11.9. The van der Waals surface area contributed by atoms with Crippen LogP contribution in [0, 0.1) is 0 Å². The minimum Gasteiger partial charge on any atom is -0.292 e. The third-order valence-corrected chi connectivity index (χ3v) is 9.50. The molecule has 0 radical (unpaired) electrons. The highest BCUT2D eigenvalue weighted by Crippen LogP contribution is 2.45. The molecule has 8 aromatic carbocycles. The predicted octanol–water partition coefficient (Wildman–Crippen LogP) is 11.6. The van der Waals surface area contributed by atoms with Gasteiger partial charge in [0.15, 0.2) is 0 Å². The standard InChI is InChI=1S/C43H26N2/c1-2-12-27(13-3-1)41-31-16-6-4-14-28(31)25-36-35(41)24-29-15-5-7-17-32(29)42(36)30-22-23-33-34-18-8-10-20-39(34)45-40-21-11-9-19-38(40)44-43(45)37(33)26-30/h1-26H. The number of hydrogen-bond acceptors (Lipinski definition) is 1. The Morgan fingerprint density at radius 2 is 0.933 bits per heavy atom. The van der Waals surface area contributed by atoms with Crippen molar-refractivity contribution in [2.24, 2.45) is 0 Å². The van der Waals surface area contributed by atoms with Gasteiger partial charge in [-0.05, 0) is 96.4 Å². The van der Waals surface area contributed by atoms with Crippen molar-refractivity contribution >= 4 is 70.7 Å². The summed E-state index contributed by atoms with van der Waals surface area (Å²) in [4.78, 5) is 5.21. The van der Waals surface area contributed by atoms with Crippen LogP contribution in [0.4, 0.5) is 0 Å². The molecule has 0 saturated carbocycles. The molecule has 0 N–H and O–H groups in total. The van der Waals surface area contributed by atoms with Gasteiger partial charge >= 0.3 is 0 Å². The van der Waals surface area contributed by atoms with Gasteiger partial charge in [0.25, 0.3) is 0 Å². The van der Waals surface area contributed by atoms with Gasteiger partial charge in [-0.2, -0.15) is 0 Å². The van der Waals surface area contributed by atoms with Gasteiger partial charge in [-0.25, -0.2) is 4.98 Å². The first-order valence-corrected chi connectivity index (χ1v) is 15.5. The van der Waals surface area contributed by atoms with Crippen molar-refractivity contribution in [3.05, 3.63) is 158 Å². The van der Waals surface area contributed by atoms with Crippen molar-refractivity contribution < 1.29 is 0 Å². The maximum Gasteiger partial charge on any atom is 0.146 e. The zero-order chi connectivity index (χ0) is 29.5. The predicted molar refractivity (Wildman–Crippen MR) is 191 cm³/mol. The highest BCUT2D eigenvalue weighted by atomic mass is 15.0. The molecule has 45 heavy (non-hydrogen) atoms. The minimum atomic E-state index is 0.992. The second-order valence-electron chi connectivity index (χ2n) is 11.9. The van der Waals surface area contributed by atoms with Crippen LogP contribution in [0.5, 0.6) is 0 Å². The first-order valence-electron chi connectivity index (χ1n) is 15.5. The SMILES string of the molecule is c1ccc(-c2c3ccccc3cc3c(-c4ccc5c6ccccc6n6c7ccccc7nc6c5c4)c4ccccc4cc23)cc1. The molecule has 0 unspecified atom stereocenters. The van der Waals surface area contributed by atoms with Crippen LogP contribution in [-0.2, 0) is 0 Å². The number of imidazole rings is 1. The van der Waals surface area contributed by atoms with Crippen LogP contribution in [0.25, 0.3) is 92.9 Å². The van der Waals surface area contributed by atoms with E-state index in [1.54, 1.807) is 0 Å². The van der Waals surface area contributed by atoms with Crippen LogP contribution < -0.4 is 0 Å². The van der Waals surface area contributed by atoms with Gasteiger partial charge < -0.3 is 0 Å². The number of pyridine rings is 1. The van der Waals surface area contributed by atoms with Crippen LogP contribution in [0.15, 0.2) is 158 Å². The lowest BCUT2D eigenvalue weighted by atomic mass is 9.85. The number of nitrogens with zero attached hydrogens (tertiary/aromatic N) is 2. The van der Waals surface area contributed by atoms with Crippen molar-refractivity contribution in [3.8, 4) is 22.3 Å². The fourth-order valence-electron chi connectivity index (χ4n) is 7.56. The van der Waals surface area contributed by atoms with Crippen molar-refractivity contribution in [3.63, 3.8) is 0 Å². The van der Waals surface area contributed by atoms with Gasteiger partial charge in [-0.1, -0.05) is 121 Å². The maximum absolute atomic E-state index is 5.21. The number of para-hydroxylation sites is 3. The van der Waals surface area contributed by atoms with Gasteiger partial charge in [0.05, 0.1) is 16.6 Å². The van der Waals surface area contributed by atoms with E-state index in [1.165, 1.54) is 70.9 Å². The Labute approximate surface area is 259 Å². The summed E-state index contributed by atoms with van der Waals surface area (Å²) in [5.74, 6) is 0. The van der Waals surface area contributed by atoms with E-state index in [1.807, 2.05) is 0 Å². The lowest BCUT2D eigenvalue weighted by Gasteiger charge is -2.18. The molecule has 0 bridgehead atoms. The maximum atomic E-state index is 5.21. The van der Waals surface area contributed by atoms with Gasteiger partial charge in [0.1, 0.15) is 5.65 Å². The Kier molecular flexibility index (Phi) is 5.03. The van der Waals surface area contributed by atoms with E-state index in [0.717, 1.165) is 22.1 Å². The summed E-state index contributed by atoms with van der Waals surface area (Å²) in [5.41, 5.74) is 9.28. The Bertz CT molecular complexity index is 2810. The van der Waals surface area contributed by atoms with E-state index in [2.05, 4.69) is 162 Å². The number of fused-ring (bicyclic) bond motifs is 11. The molecule has 10 aromatic rings. The van der Waals surface area contributed by atoms with Gasteiger partial charge in [0, 0.05) is 10.8 Å². The topological polar surface area (TPSA) is 17.3 Å². The molecule has 2 heteroatoms. The summed E-state index contributed by atoms with van der Waals surface area (Å²) in [5, 5.41) is 11.1. The molecule has 0 aliphatic rings. The first kappa shape index (κ1) is 24.5. The molecule has 0 spiro atoms. The molecule has 2 nitrogen and oxygen atoms in total. The van der Waals surface area contributed by atoms with Crippen LogP contribution in [0.2, 0.25) is 0 Å². The van der Waals surface area contributed by atoms with Gasteiger partial charge in [-0.3, -0.25) is 4.40 Å². The Hall–Kier alpha value is -5.99. The Morgan fingerprint density at radius 1 is 0.356 bits per heavy atom. The third-order valence-electron chi connectivity index (χ3n) is 9.50. The largest absolute Gasteiger partial charge is 0.292 e. The fourth-order valence-corrected chi connectivity index (χ4v) is 7.56. The number of rotatable bonds is 2. The average Bonchev–Trinajstić information content (AvgIpc) is 3.50. The zero-order valence-corrected chi connectivity index (χ0v) is 24.4. The smallest absolute Gasteiger partial charge is 0.146 e. The Morgan fingerprint density at radius 3 is 1.67 bits per heavy atom. The lowest BCUT2D eigenvalue weighted by Crippen LogP contribution is -1.93.